The highest BCUT2D eigenvalue weighted by molar-refractivity contribution is 9.10. The standard InChI is InChI=1S/C18H15BrN2O2S/c1-22-15-7-12(8-16(9-15)23-2)10-20-18-21-17(11-24-18)13-3-5-14(19)6-4-13/h3-11H,1-2H3/b20-10+. The summed E-state index contributed by atoms with van der Waals surface area (Å²) in [7, 11) is 3.25. The molecule has 3 aromatic rings. The molecule has 0 radical (unpaired) electrons. The van der Waals surface area contributed by atoms with E-state index in [1.807, 2.05) is 47.8 Å². The van der Waals surface area contributed by atoms with E-state index in [1.54, 1.807) is 20.4 Å². The molecule has 0 saturated carbocycles. The van der Waals surface area contributed by atoms with Crippen LogP contribution in [0.5, 0.6) is 11.5 Å². The highest BCUT2D eigenvalue weighted by Gasteiger charge is 2.04. The summed E-state index contributed by atoms with van der Waals surface area (Å²) >= 11 is 4.94. The molecule has 0 unspecified atom stereocenters. The van der Waals surface area contributed by atoms with Crippen LogP contribution in [0.3, 0.4) is 0 Å². The molecular weight excluding hydrogens is 388 g/mol. The van der Waals surface area contributed by atoms with Crippen LogP contribution in [0.15, 0.2) is 57.3 Å². The van der Waals surface area contributed by atoms with Crippen molar-refractivity contribution < 1.29 is 9.47 Å². The maximum absolute atomic E-state index is 5.26. The lowest BCUT2D eigenvalue weighted by Gasteiger charge is -2.05. The summed E-state index contributed by atoms with van der Waals surface area (Å²) in [5, 5.41) is 2.71. The van der Waals surface area contributed by atoms with Crippen LogP contribution in [0.25, 0.3) is 11.3 Å². The van der Waals surface area contributed by atoms with Gasteiger partial charge in [-0.1, -0.05) is 28.1 Å². The van der Waals surface area contributed by atoms with Gasteiger partial charge < -0.3 is 9.47 Å². The summed E-state index contributed by atoms with van der Waals surface area (Å²) in [5.74, 6) is 1.45. The topological polar surface area (TPSA) is 43.7 Å². The van der Waals surface area contributed by atoms with Crippen molar-refractivity contribution in [3.05, 3.63) is 57.9 Å². The van der Waals surface area contributed by atoms with Gasteiger partial charge in [-0.15, -0.1) is 11.3 Å². The first-order valence-electron chi connectivity index (χ1n) is 7.16. The number of ether oxygens (including phenoxy) is 2. The normalized spacial score (nSPS) is 11.0. The second-order valence-electron chi connectivity index (χ2n) is 4.93. The Bertz CT molecular complexity index is 837. The summed E-state index contributed by atoms with van der Waals surface area (Å²) in [4.78, 5) is 9.01. The van der Waals surface area contributed by atoms with Gasteiger partial charge in [0.25, 0.3) is 0 Å². The number of nitrogens with zero attached hydrogens (tertiary/aromatic N) is 2. The van der Waals surface area contributed by atoms with Crippen molar-refractivity contribution in [3.8, 4) is 22.8 Å². The Morgan fingerprint density at radius 1 is 1.04 bits per heavy atom. The van der Waals surface area contributed by atoms with E-state index in [-0.39, 0.29) is 0 Å². The molecule has 0 spiro atoms. The molecular formula is C18H15BrN2O2S. The number of benzene rings is 2. The first-order chi connectivity index (χ1) is 11.7. The number of hydrogen-bond acceptors (Lipinski definition) is 5. The smallest absolute Gasteiger partial charge is 0.209 e. The van der Waals surface area contributed by atoms with E-state index in [2.05, 4.69) is 25.9 Å². The van der Waals surface area contributed by atoms with Crippen molar-refractivity contribution in [1.82, 2.24) is 4.98 Å². The van der Waals surface area contributed by atoms with Crippen LogP contribution in [0, 0.1) is 0 Å². The third-order valence-corrected chi connectivity index (χ3v) is 4.61. The van der Waals surface area contributed by atoms with Crippen LogP contribution in [0.2, 0.25) is 0 Å². The van der Waals surface area contributed by atoms with Crippen molar-refractivity contribution in [2.75, 3.05) is 14.2 Å². The lowest BCUT2D eigenvalue weighted by atomic mass is 10.2. The summed E-state index contributed by atoms with van der Waals surface area (Å²) < 4.78 is 11.6. The van der Waals surface area contributed by atoms with E-state index in [0.29, 0.717) is 5.13 Å². The molecule has 122 valence electrons. The van der Waals surface area contributed by atoms with E-state index in [0.717, 1.165) is 32.8 Å². The van der Waals surface area contributed by atoms with Crippen LogP contribution >= 0.6 is 27.3 Å². The van der Waals surface area contributed by atoms with E-state index < -0.39 is 0 Å². The fourth-order valence-corrected chi connectivity index (χ4v) is 3.05. The summed E-state index contributed by atoms with van der Waals surface area (Å²) in [5.41, 5.74) is 2.88. The summed E-state index contributed by atoms with van der Waals surface area (Å²) in [6.07, 6.45) is 1.76. The predicted octanol–water partition coefficient (Wildman–Crippen LogP) is 5.34. The van der Waals surface area contributed by atoms with E-state index in [1.165, 1.54) is 11.3 Å². The second-order valence-corrected chi connectivity index (χ2v) is 6.68. The van der Waals surface area contributed by atoms with Crippen molar-refractivity contribution in [2.24, 2.45) is 4.99 Å². The van der Waals surface area contributed by atoms with Gasteiger partial charge >= 0.3 is 0 Å². The van der Waals surface area contributed by atoms with Crippen LogP contribution in [-0.2, 0) is 0 Å². The van der Waals surface area contributed by atoms with Crippen molar-refractivity contribution in [2.45, 2.75) is 0 Å². The van der Waals surface area contributed by atoms with E-state index in [9.17, 15) is 0 Å². The Morgan fingerprint density at radius 3 is 2.33 bits per heavy atom. The molecule has 6 heteroatoms. The number of methoxy groups -OCH3 is 2. The molecule has 0 aliphatic carbocycles. The molecule has 0 amide bonds. The molecule has 3 rings (SSSR count). The SMILES string of the molecule is COc1cc(/C=N/c2nc(-c3ccc(Br)cc3)cs2)cc(OC)c1. The van der Waals surface area contributed by atoms with Crippen molar-refractivity contribution >= 4 is 38.6 Å². The van der Waals surface area contributed by atoms with Gasteiger partial charge in [0.2, 0.25) is 5.13 Å². The molecule has 0 N–H and O–H groups in total. The van der Waals surface area contributed by atoms with Crippen molar-refractivity contribution in [3.63, 3.8) is 0 Å². The lowest BCUT2D eigenvalue weighted by Crippen LogP contribution is -1.90. The predicted molar refractivity (Wildman–Crippen MR) is 102 cm³/mol. The number of aliphatic imine (C=N–C) groups is 1. The molecule has 0 saturated heterocycles. The third-order valence-electron chi connectivity index (χ3n) is 3.33. The number of hydrogen-bond donors (Lipinski definition) is 0. The first-order valence-corrected chi connectivity index (χ1v) is 8.84. The monoisotopic (exact) mass is 402 g/mol. The van der Waals surface area contributed by atoms with Gasteiger partial charge in [0.05, 0.1) is 19.9 Å². The molecule has 1 heterocycles. The Balaban J connectivity index is 1.81. The zero-order valence-electron chi connectivity index (χ0n) is 13.2. The highest BCUT2D eigenvalue weighted by atomic mass is 79.9. The minimum atomic E-state index is 0.703. The number of aromatic nitrogens is 1. The molecule has 24 heavy (non-hydrogen) atoms. The van der Waals surface area contributed by atoms with Gasteiger partial charge in [0.1, 0.15) is 11.5 Å². The Hall–Kier alpha value is -2.18. The maximum Gasteiger partial charge on any atom is 0.209 e. The summed E-state index contributed by atoms with van der Waals surface area (Å²) in [6, 6.07) is 13.7. The molecule has 0 aliphatic heterocycles. The van der Waals surface area contributed by atoms with Crippen LogP contribution in [-0.4, -0.2) is 25.4 Å². The molecule has 2 aromatic carbocycles. The van der Waals surface area contributed by atoms with Gasteiger partial charge in [-0.2, -0.15) is 0 Å². The minimum Gasteiger partial charge on any atom is -0.497 e. The number of thiazole rings is 1. The summed E-state index contributed by atoms with van der Waals surface area (Å²) in [6.45, 7) is 0. The maximum atomic E-state index is 5.26. The fourth-order valence-electron chi connectivity index (χ4n) is 2.11. The van der Waals surface area contributed by atoms with Gasteiger partial charge in [0.15, 0.2) is 0 Å². The average molecular weight is 403 g/mol. The Kier molecular flexibility index (Phi) is 5.27. The van der Waals surface area contributed by atoms with Gasteiger partial charge in [-0.05, 0) is 24.3 Å². The van der Waals surface area contributed by atoms with Crippen LogP contribution in [0.4, 0.5) is 5.13 Å². The van der Waals surface area contributed by atoms with E-state index in [4.69, 9.17) is 9.47 Å². The van der Waals surface area contributed by atoms with Crippen LogP contribution < -0.4 is 9.47 Å². The zero-order valence-corrected chi connectivity index (χ0v) is 15.6. The molecule has 4 nitrogen and oxygen atoms in total. The number of rotatable bonds is 5. The van der Waals surface area contributed by atoms with Gasteiger partial charge in [-0.3, -0.25) is 0 Å². The number of halogens is 1. The van der Waals surface area contributed by atoms with Gasteiger partial charge in [-0.25, -0.2) is 9.98 Å². The average Bonchev–Trinajstić information content (AvgIpc) is 3.09. The Morgan fingerprint density at radius 2 is 1.71 bits per heavy atom. The molecule has 0 atom stereocenters. The second kappa shape index (κ2) is 7.59. The van der Waals surface area contributed by atoms with Crippen LogP contribution in [0.1, 0.15) is 5.56 Å². The zero-order chi connectivity index (χ0) is 16.9. The minimum absolute atomic E-state index is 0.703. The molecule has 0 fully saturated rings. The fraction of sp³-hybridized carbons (Fsp3) is 0.111. The molecule has 1 aromatic heterocycles. The Labute approximate surface area is 152 Å². The van der Waals surface area contributed by atoms with E-state index >= 15 is 0 Å². The molecule has 0 aliphatic rings. The molecule has 0 bridgehead atoms. The highest BCUT2D eigenvalue weighted by Crippen LogP contribution is 2.28. The third kappa shape index (κ3) is 4.01. The van der Waals surface area contributed by atoms with Crippen molar-refractivity contribution in [1.29, 1.82) is 0 Å². The lowest BCUT2D eigenvalue weighted by molar-refractivity contribution is 0.394. The van der Waals surface area contributed by atoms with Gasteiger partial charge in [0, 0.05) is 33.3 Å². The quantitative estimate of drug-likeness (QED) is 0.540. The largest absolute Gasteiger partial charge is 0.497 e. The first kappa shape index (κ1) is 16.7.